The second-order valence-electron chi connectivity index (χ2n) is 4.04. The van der Waals surface area contributed by atoms with Gasteiger partial charge in [-0.15, -0.1) is 0 Å². The van der Waals surface area contributed by atoms with E-state index < -0.39 is 5.03 Å². The topological polar surface area (TPSA) is 74.9 Å². The predicted molar refractivity (Wildman–Crippen MR) is 73.4 cm³/mol. The lowest BCUT2D eigenvalue weighted by molar-refractivity contribution is -0.486. The lowest BCUT2D eigenvalue weighted by atomic mass is 10.2. The molecular formula is C11H16ClN5O2. The second-order valence-corrected chi connectivity index (χ2v) is 4.42. The summed E-state index contributed by atoms with van der Waals surface area (Å²) in [4.78, 5) is 17.9. The molecule has 0 saturated heterocycles. The van der Waals surface area contributed by atoms with Gasteiger partial charge in [-0.05, 0) is 18.6 Å². The van der Waals surface area contributed by atoms with Gasteiger partial charge in [0, 0.05) is 33.4 Å². The molecule has 0 bridgehead atoms. The summed E-state index contributed by atoms with van der Waals surface area (Å²) in [6, 6.07) is 3.52. The molecule has 8 heteroatoms. The third-order valence-corrected chi connectivity index (χ3v) is 2.62. The summed E-state index contributed by atoms with van der Waals surface area (Å²) >= 11 is 5.72. The fourth-order valence-electron chi connectivity index (χ4n) is 1.55. The number of nitro groups is 1. The van der Waals surface area contributed by atoms with Crippen LogP contribution >= 0.6 is 11.6 Å². The number of pyridine rings is 1. The molecule has 0 fully saturated rings. The number of nitrogens with zero attached hydrogens (tertiary/aromatic N) is 5. The number of hydrogen-bond acceptors (Lipinski definition) is 3. The lowest BCUT2D eigenvalue weighted by Crippen LogP contribution is -2.40. The molecule has 0 aromatic carbocycles. The van der Waals surface area contributed by atoms with Gasteiger partial charge in [0.25, 0.3) is 5.96 Å². The van der Waals surface area contributed by atoms with Crippen LogP contribution in [0.1, 0.15) is 12.5 Å². The van der Waals surface area contributed by atoms with Crippen molar-refractivity contribution in [2.75, 3.05) is 20.6 Å². The third kappa shape index (κ3) is 4.70. The molecule has 19 heavy (non-hydrogen) atoms. The first kappa shape index (κ1) is 15.2. The van der Waals surface area contributed by atoms with Crippen molar-refractivity contribution in [2.24, 2.45) is 5.10 Å². The summed E-state index contributed by atoms with van der Waals surface area (Å²) < 4.78 is 0. The normalized spacial score (nSPS) is 11.3. The van der Waals surface area contributed by atoms with Crippen LogP contribution in [0, 0.1) is 10.1 Å². The Hall–Kier alpha value is -1.89. The number of aromatic nitrogens is 1. The van der Waals surface area contributed by atoms with E-state index in [4.69, 9.17) is 11.6 Å². The number of hydrazone groups is 1. The van der Waals surface area contributed by atoms with Crippen molar-refractivity contribution in [3.63, 3.8) is 0 Å². The van der Waals surface area contributed by atoms with Gasteiger partial charge < -0.3 is 9.80 Å². The van der Waals surface area contributed by atoms with Gasteiger partial charge in [0.1, 0.15) is 10.3 Å². The highest BCUT2D eigenvalue weighted by molar-refractivity contribution is 6.29. The van der Waals surface area contributed by atoms with Crippen molar-refractivity contribution < 1.29 is 5.03 Å². The highest BCUT2D eigenvalue weighted by Crippen LogP contribution is 2.09. The molecule has 0 radical (unpaired) electrons. The Morgan fingerprint density at radius 3 is 2.63 bits per heavy atom. The summed E-state index contributed by atoms with van der Waals surface area (Å²) in [6.45, 7) is 2.97. The van der Waals surface area contributed by atoms with Gasteiger partial charge in [0.05, 0.1) is 0 Å². The lowest BCUT2D eigenvalue weighted by Gasteiger charge is -2.26. The van der Waals surface area contributed by atoms with Crippen LogP contribution < -0.4 is 0 Å². The van der Waals surface area contributed by atoms with E-state index in [-0.39, 0.29) is 0 Å². The molecule has 0 amide bonds. The van der Waals surface area contributed by atoms with Gasteiger partial charge in [-0.25, -0.2) is 15.1 Å². The smallest absolute Gasteiger partial charge is 0.273 e. The molecule has 0 N–H and O–H groups in total. The summed E-state index contributed by atoms with van der Waals surface area (Å²) in [6.07, 6.45) is 1.64. The van der Waals surface area contributed by atoms with E-state index >= 15 is 0 Å². The van der Waals surface area contributed by atoms with Gasteiger partial charge >= 0.3 is 0 Å². The summed E-state index contributed by atoms with van der Waals surface area (Å²) in [5.41, 5.74) is 0.907. The first-order valence-corrected chi connectivity index (χ1v) is 6.07. The van der Waals surface area contributed by atoms with Crippen LogP contribution in [0.2, 0.25) is 5.15 Å². The average molecular weight is 286 g/mol. The summed E-state index contributed by atoms with van der Waals surface area (Å²) in [7, 11) is 3.43. The largest absolute Gasteiger partial charge is 0.344 e. The minimum Gasteiger partial charge on any atom is -0.344 e. The Morgan fingerprint density at radius 1 is 1.53 bits per heavy atom. The van der Waals surface area contributed by atoms with Crippen LogP contribution in [0.25, 0.3) is 0 Å². The molecule has 7 nitrogen and oxygen atoms in total. The van der Waals surface area contributed by atoms with E-state index in [1.54, 1.807) is 36.2 Å². The Kier molecular flexibility index (Phi) is 5.50. The minimum absolute atomic E-state index is 0.294. The zero-order valence-electron chi connectivity index (χ0n) is 11.1. The van der Waals surface area contributed by atoms with E-state index in [0.29, 0.717) is 24.2 Å². The van der Waals surface area contributed by atoms with Gasteiger partial charge in [-0.3, -0.25) is 0 Å². The van der Waals surface area contributed by atoms with Crippen LogP contribution in [-0.2, 0) is 6.54 Å². The average Bonchev–Trinajstić information content (AvgIpc) is 2.35. The second kappa shape index (κ2) is 6.89. The maximum absolute atomic E-state index is 10.6. The fourth-order valence-corrected chi connectivity index (χ4v) is 1.66. The van der Waals surface area contributed by atoms with Crippen LogP contribution in [0.3, 0.4) is 0 Å². The van der Waals surface area contributed by atoms with Crippen molar-refractivity contribution in [3.8, 4) is 0 Å². The number of halogens is 1. The third-order valence-electron chi connectivity index (χ3n) is 2.40. The van der Waals surface area contributed by atoms with Crippen molar-refractivity contribution in [3.05, 3.63) is 39.2 Å². The monoisotopic (exact) mass is 285 g/mol. The molecule has 1 aromatic heterocycles. The van der Waals surface area contributed by atoms with Crippen molar-refractivity contribution in [1.82, 2.24) is 14.8 Å². The fraction of sp³-hybridized carbons (Fsp3) is 0.455. The Morgan fingerprint density at radius 2 is 2.21 bits per heavy atom. The molecule has 104 valence electrons. The highest BCUT2D eigenvalue weighted by Gasteiger charge is 2.16. The molecule has 1 heterocycles. The van der Waals surface area contributed by atoms with Gasteiger partial charge in [-0.2, -0.15) is 0 Å². The summed E-state index contributed by atoms with van der Waals surface area (Å²) in [5.74, 6) is 0.294. The van der Waals surface area contributed by atoms with E-state index in [1.165, 1.54) is 0 Å². The maximum atomic E-state index is 10.6. The molecule has 0 saturated carbocycles. The molecular weight excluding hydrogens is 270 g/mol. The van der Waals surface area contributed by atoms with E-state index in [0.717, 1.165) is 5.56 Å². The highest BCUT2D eigenvalue weighted by atomic mass is 35.5. The van der Waals surface area contributed by atoms with Crippen molar-refractivity contribution in [1.29, 1.82) is 0 Å². The van der Waals surface area contributed by atoms with Crippen LogP contribution in [0.5, 0.6) is 0 Å². The zero-order valence-corrected chi connectivity index (χ0v) is 11.8. The molecule has 0 aliphatic carbocycles. The molecule has 0 atom stereocenters. The summed E-state index contributed by atoms with van der Waals surface area (Å²) in [5, 5.41) is 13.7. The standard InChI is InChI=1S/C11H16ClN5O2/c1-4-16(11(15(2)3)14-17(18)19)8-9-5-6-10(12)13-7-9/h5-7H,4,8H2,1-3H3/b14-11-. The first-order chi connectivity index (χ1) is 8.93. The van der Waals surface area contributed by atoms with E-state index in [2.05, 4.69) is 10.1 Å². The van der Waals surface area contributed by atoms with E-state index in [9.17, 15) is 10.1 Å². The minimum atomic E-state index is -0.696. The van der Waals surface area contributed by atoms with Crippen LogP contribution in [-0.4, -0.2) is 46.4 Å². The molecule has 0 spiro atoms. The van der Waals surface area contributed by atoms with Gasteiger partial charge in [0.15, 0.2) is 5.03 Å². The predicted octanol–water partition coefficient (Wildman–Crippen LogP) is 1.67. The molecule has 1 rings (SSSR count). The van der Waals surface area contributed by atoms with E-state index in [1.807, 2.05) is 13.0 Å². The van der Waals surface area contributed by atoms with Gasteiger partial charge in [0.2, 0.25) is 0 Å². The SMILES string of the molecule is CCN(Cc1ccc(Cl)nc1)/C(=N\[N+](=O)[O-])N(C)C. The Bertz CT molecular complexity index is 461. The number of hydrogen-bond donors (Lipinski definition) is 0. The quantitative estimate of drug-likeness (QED) is 0.276. The number of guanidine groups is 1. The maximum Gasteiger partial charge on any atom is 0.273 e. The van der Waals surface area contributed by atoms with Crippen molar-refractivity contribution in [2.45, 2.75) is 13.5 Å². The molecule has 1 aromatic rings. The van der Waals surface area contributed by atoms with Crippen LogP contribution in [0.15, 0.2) is 23.4 Å². The van der Waals surface area contributed by atoms with Crippen LogP contribution in [0.4, 0.5) is 0 Å². The Balaban J connectivity index is 2.92. The van der Waals surface area contributed by atoms with Gasteiger partial charge in [-0.1, -0.05) is 17.7 Å². The zero-order chi connectivity index (χ0) is 14.4. The Labute approximate surface area is 116 Å². The molecule has 0 aliphatic rings. The first-order valence-electron chi connectivity index (χ1n) is 5.69. The van der Waals surface area contributed by atoms with Crippen molar-refractivity contribution >= 4 is 17.6 Å². The molecule has 0 aliphatic heterocycles. The number of rotatable bonds is 4. The molecule has 0 unspecified atom stereocenters.